The normalized spacial score (nSPS) is 10.0. The van der Waals surface area contributed by atoms with Crippen LogP contribution in [0.15, 0.2) is 42.5 Å². The van der Waals surface area contributed by atoms with Gasteiger partial charge < -0.3 is 14.8 Å². The van der Waals surface area contributed by atoms with Crippen molar-refractivity contribution in [1.29, 1.82) is 0 Å². The molecular formula is C17H20N3O3. The minimum atomic E-state index is -0.369. The van der Waals surface area contributed by atoms with E-state index in [9.17, 15) is 4.79 Å². The lowest BCUT2D eigenvalue weighted by atomic mass is 10.3. The monoisotopic (exact) mass is 314 g/mol. The maximum absolute atomic E-state index is 11.6. The highest BCUT2D eigenvalue weighted by Gasteiger charge is 2.03. The van der Waals surface area contributed by atoms with Crippen LogP contribution in [0.1, 0.15) is 11.4 Å². The first kappa shape index (κ1) is 16.6. The molecule has 1 aromatic carbocycles. The van der Waals surface area contributed by atoms with Gasteiger partial charge in [0, 0.05) is 5.69 Å². The molecule has 0 spiro atoms. The van der Waals surface area contributed by atoms with E-state index >= 15 is 0 Å². The van der Waals surface area contributed by atoms with Crippen molar-refractivity contribution in [3.8, 4) is 11.5 Å². The Hall–Kier alpha value is -2.76. The largest absolute Gasteiger partial charge is 0.497 e. The molecule has 1 aromatic heterocycles. The van der Waals surface area contributed by atoms with Crippen LogP contribution in [-0.2, 0) is 6.54 Å². The van der Waals surface area contributed by atoms with Crippen LogP contribution in [-0.4, -0.2) is 31.3 Å². The van der Waals surface area contributed by atoms with E-state index < -0.39 is 0 Å². The Labute approximate surface area is 135 Å². The average molecular weight is 314 g/mol. The number of hydrogen-bond acceptors (Lipinski definition) is 4. The van der Waals surface area contributed by atoms with Gasteiger partial charge in [-0.05, 0) is 43.3 Å². The number of carbonyl (C=O) groups is 1. The molecule has 23 heavy (non-hydrogen) atoms. The van der Waals surface area contributed by atoms with E-state index in [1.807, 2.05) is 49.4 Å². The lowest BCUT2D eigenvalue weighted by Crippen LogP contribution is -2.32. The van der Waals surface area contributed by atoms with Crippen LogP contribution in [0.4, 0.5) is 4.79 Å². The van der Waals surface area contributed by atoms with Crippen molar-refractivity contribution >= 4 is 6.03 Å². The second-order valence-corrected chi connectivity index (χ2v) is 4.83. The highest BCUT2D eigenvalue weighted by molar-refractivity contribution is 5.73. The van der Waals surface area contributed by atoms with Crippen molar-refractivity contribution in [2.45, 2.75) is 13.5 Å². The molecule has 121 valence electrons. The van der Waals surface area contributed by atoms with Gasteiger partial charge in [0.2, 0.25) is 0 Å². The van der Waals surface area contributed by atoms with Crippen LogP contribution >= 0.6 is 0 Å². The molecule has 2 rings (SSSR count). The molecule has 0 aliphatic rings. The first-order valence-corrected chi connectivity index (χ1v) is 7.32. The SMILES string of the molecule is COc1ccc(OCC[N]C(=O)NCc2cccc(C)n2)cc1. The number of amides is 2. The zero-order chi connectivity index (χ0) is 16.5. The number of aromatic nitrogens is 1. The number of methoxy groups -OCH3 is 1. The molecule has 6 nitrogen and oxygen atoms in total. The fourth-order valence-electron chi connectivity index (χ4n) is 1.90. The smallest absolute Gasteiger partial charge is 0.336 e. The van der Waals surface area contributed by atoms with Gasteiger partial charge in [0.05, 0.1) is 25.9 Å². The summed E-state index contributed by atoms with van der Waals surface area (Å²) in [7, 11) is 1.61. The molecule has 1 heterocycles. The summed E-state index contributed by atoms with van der Waals surface area (Å²) < 4.78 is 10.6. The molecule has 0 saturated carbocycles. The highest BCUT2D eigenvalue weighted by Crippen LogP contribution is 2.16. The van der Waals surface area contributed by atoms with Crippen LogP contribution in [0.3, 0.4) is 0 Å². The summed E-state index contributed by atoms with van der Waals surface area (Å²) in [5.41, 5.74) is 1.73. The lowest BCUT2D eigenvalue weighted by Gasteiger charge is -2.08. The number of ether oxygens (including phenoxy) is 2. The summed E-state index contributed by atoms with van der Waals surface area (Å²) in [6, 6.07) is 12.6. The molecule has 0 aliphatic carbocycles. The number of urea groups is 1. The Kier molecular flexibility index (Phi) is 6.23. The minimum absolute atomic E-state index is 0.291. The summed E-state index contributed by atoms with van der Waals surface area (Å²) in [6.07, 6.45) is 0. The zero-order valence-corrected chi connectivity index (χ0v) is 13.3. The third kappa shape index (κ3) is 5.86. The van der Waals surface area contributed by atoms with Crippen LogP contribution in [0.25, 0.3) is 0 Å². The molecule has 1 radical (unpaired) electrons. The minimum Gasteiger partial charge on any atom is -0.497 e. The molecule has 1 N–H and O–H groups in total. The third-order valence-electron chi connectivity index (χ3n) is 3.04. The molecule has 6 heteroatoms. The summed E-state index contributed by atoms with van der Waals surface area (Å²) in [5.74, 6) is 1.48. The van der Waals surface area contributed by atoms with Crippen LogP contribution in [0.2, 0.25) is 0 Å². The van der Waals surface area contributed by atoms with Crippen LogP contribution in [0.5, 0.6) is 11.5 Å². The van der Waals surface area contributed by atoms with E-state index in [4.69, 9.17) is 9.47 Å². The van der Waals surface area contributed by atoms with Crippen molar-refractivity contribution in [3.05, 3.63) is 53.9 Å². The number of hydrogen-bond donors (Lipinski definition) is 1. The lowest BCUT2D eigenvalue weighted by molar-refractivity contribution is 0.235. The first-order valence-electron chi connectivity index (χ1n) is 7.32. The molecule has 0 unspecified atom stereocenters. The number of pyridine rings is 1. The molecule has 2 aromatic rings. The van der Waals surface area contributed by atoms with Gasteiger partial charge in [0.25, 0.3) is 0 Å². The number of aryl methyl sites for hydroxylation is 1. The van der Waals surface area contributed by atoms with Gasteiger partial charge in [0.1, 0.15) is 18.1 Å². The van der Waals surface area contributed by atoms with E-state index in [1.165, 1.54) is 0 Å². The number of nitrogens with zero attached hydrogens (tertiary/aromatic N) is 2. The standard InChI is InChI=1S/C17H20N3O3/c1-13-4-3-5-14(20-13)12-19-17(21)18-10-11-23-16-8-6-15(22-2)7-9-16/h3-9H,10-12H2,1-2H3,(H,19,21). The number of carbonyl (C=O) groups excluding carboxylic acids is 1. The number of nitrogens with one attached hydrogen (secondary N) is 1. The Morgan fingerprint density at radius 3 is 2.61 bits per heavy atom. The second kappa shape index (κ2) is 8.63. The van der Waals surface area contributed by atoms with Crippen molar-refractivity contribution in [2.75, 3.05) is 20.3 Å². The molecule has 0 fully saturated rings. The fourth-order valence-corrected chi connectivity index (χ4v) is 1.90. The van der Waals surface area contributed by atoms with E-state index in [-0.39, 0.29) is 6.03 Å². The van der Waals surface area contributed by atoms with Crippen LogP contribution < -0.4 is 20.1 Å². The molecule has 2 amide bonds. The predicted octanol–water partition coefficient (Wildman–Crippen LogP) is 2.29. The number of rotatable bonds is 7. The van der Waals surface area contributed by atoms with Crippen LogP contribution in [0, 0.1) is 6.92 Å². The fraction of sp³-hybridized carbons (Fsp3) is 0.294. The van der Waals surface area contributed by atoms with Gasteiger partial charge in [-0.2, -0.15) is 0 Å². The summed E-state index contributed by atoms with van der Waals surface area (Å²) in [6.45, 7) is 2.90. The van der Waals surface area contributed by atoms with Crippen molar-refractivity contribution in [2.24, 2.45) is 0 Å². The van der Waals surface area contributed by atoms with E-state index in [0.717, 1.165) is 17.1 Å². The molecule has 0 saturated heterocycles. The average Bonchev–Trinajstić information content (AvgIpc) is 2.57. The third-order valence-corrected chi connectivity index (χ3v) is 3.04. The summed E-state index contributed by atoms with van der Waals surface area (Å²) in [4.78, 5) is 15.9. The predicted molar refractivity (Wildman–Crippen MR) is 86.7 cm³/mol. The molecule has 0 aliphatic heterocycles. The summed E-state index contributed by atoms with van der Waals surface area (Å²) in [5, 5.41) is 6.58. The Morgan fingerprint density at radius 2 is 1.91 bits per heavy atom. The molecule has 0 atom stereocenters. The maximum Gasteiger partial charge on any atom is 0.336 e. The zero-order valence-electron chi connectivity index (χ0n) is 13.3. The molecular weight excluding hydrogens is 294 g/mol. The topological polar surface area (TPSA) is 74.6 Å². The first-order chi connectivity index (χ1) is 11.2. The Balaban J connectivity index is 1.62. The van der Waals surface area contributed by atoms with E-state index in [2.05, 4.69) is 15.6 Å². The van der Waals surface area contributed by atoms with Gasteiger partial charge in [-0.25, -0.2) is 10.1 Å². The van der Waals surface area contributed by atoms with E-state index in [1.54, 1.807) is 7.11 Å². The van der Waals surface area contributed by atoms with E-state index in [0.29, 0.717) is 25.4 Å². The quantitative estimate of drug-likeness (QED) is 0.796. The highest BCUT2D eigenvalue weighted by atomic mass is 16.5. The van der Waals surface area contributed by atoms with Gasteiger partial charge in [-0.3, -0.25) is 4.98 Å². The summed E-state index contributed by atoms with van der Waals surface area (Å²) >= 11 is 0. The van der Waals surface area contributed by atoms with Gasteiger partial charge >= 0.3 is 6.03 Å². The second-order valence-electron chi connectivity index (χ2n) is 4.83. The molecule has 0 bridgehead atoms. The van der Waals surface area contributed by atoms with Crippen molar-refractivity contribution in [3.63, 3.8) is 0 Å². The Bertz CT molecular complexity index is 629. The number of benzene rings is 1. The van der Waals surface area contributed by atoms with Crippen molar-refractivity contribution < 1.29 is 14.3 Å². The maximum atomic E-state index is 11.6. The Morgan fingerprint density at radius 1 is 1.17 bits per heavy atom. The van der Waals surface area contributed by atoms with Gasteiger partial charge in [-0.15, -0.1) is 0 Å². The van der Waals surface area contributed by atoms with Gasteiger partial charge in [0.15, 0.2) is 0 Å². The van der Waals surface area contributed by atoms with Crippen molar-refractivity contribution in [1.82, 2.24) is 15.6 Å². The van der Waals surface area contributed by atoms with Gasteiger partial charge in [-0.1, -0.05) is 6.07 Å².